The van der Waals surface area contributed by atoms with Crippen molar-refractivity contribution in [3.05, 3.63) is 52.6 Å². The molecule has 1 saturated heterocycles. The third-order valence-corrected chi connectivity index (χ3v) is 3.84. The van der Waals surface area contributed by atoms with Crippen LogP contribution in [-0.4, -0.2) is 35.4 Å². The van der Waals surface area contributed by atoms with E-state index >= 15 is 0 Å². The molecule has 1 amide bonds. The van der Waals surface area contributed by atoms with Gasteiger partial charge in [-0.25, -0.2) is 0 Å². The summed E-state index contributed by atoms with van der Waals surface area (Å²) in [6, 6.07) is 6.43. The van der Waals surface area contributed by atoms with Crippen LogP contribution in [0.25, 0.3) is 0 Å². The normalized spacial score (nSPS) is 14.6. The van der Waals surface area contributed by atoms with Crippen LogP contribution in [0.2, 0.25) is 0 Å². The minimum atomic E-state index is -0.421. The van der Waals surface area contributed by atoms with Crippen LogP contribution in [0, 0.1) is 16.0 Å². The molecule has 0 radical (unpaired) electrons. The molecule has 6 nitrogen and oxygen atoms in total. The molecule has 0 saturated carbocycles. The quantitative estimate of drug-likeness (QED) is 0.491. The molecule has 1 N–H and O–H groups in total. The third-order valence-electron chi connectivity index (χ3n) is 3.84. The first-order valence-electron chi connectivity index (χ1n) is 7.45. The molecule has 1 fully saturated rings. The second-order valence-electron chi connectivity index (χ2n) is 5.46. The number of hydrogen-bond donors (Lipinski definition) is 1. The van der Waals surface area contributed by atoms with Crippen LogP contribution in [-0.2, 0) is 11.3 Å². The Kier molecular flexibility index (Phi) is 7.71. The number of halogens is 1. The fourth-order valence-electron chi connectivity index (χ4n) is 2.70. The van der Waals surface area contributed by atoms with Crippen molar-refractivity contribution in [1.82, 2.24) is 10.2 Å². The lowest BCUT2D eigenvalue weighted by molar-refractivity contribution is -0.384. The van der Waals surface area contributed by atoms with Gasteiger partial charge in [0.25, 0.3) is 5.69 Å². The zero-order valence-electron chi connectivity index (χ0n) is 12.9. The molecular weight excluding hydrogens is 318 g/mol. The number of carbonyl (C=O) groups excluding carboxylic acids is 1. The molecule has 126 valence electrons. The van der Waals surface area contributed by atoms with Gasteiger partial charge < -0.3 is 10.2 Å². The van der Waals surface area contributed by atoms with Gasteiger partial charge in [-0.15, -0.1) is 19.0 Å². The average molecular weight is 340 g/mol. The number of piperidine rings is 1. The highest BCUT2D eigenvalue weighted by Crippen LogP contribution is 2.19. The van der Waals surface area contributed by atoms with Crippen molar-refractivity contribution >= 4 is 24.0 Å². The Bertz CT molecular complexity index is 559. The number of nitro benzene ring substituents is 1. The van der Waals surface area contributed by atoms with E-state index in [4.69, 9.17) is 0 Å². The summed E-state index contributed by atoms with van der Waals surface area (Å²) in [5.41, 5.74) is 0.809. The maximum absolute atomic E-state index is 12.6. The van der Waals surface area contributed by atoms with Crippen molar-refractivity contribution < 1.29 is 9.72 Å². The summed E-state index contributed by atoms with van der Waals surface area (Å²) < 4.78 is 0. The molecule has 0 spiro atoms. The van der Waals surface area contributed by atoms with Crippen molar-refractivity contribution in [2.24, 2.45) is 5.92 Å². The van der Waals surface area contributed by atoms with E-state index < -0.39 is 4.92 Å². The Labute approximate surface area is 142 Å². The molecular formula is C16H22ClN3O3. The van der Waals surface area contributed by atoms with Gasteiger partial charge in [-0.2, -0.15) is 0 Å². The molecule has 1 aromatic rings. The summed E-state index contributed by atoms with van der Waals surface area (Å²) in [6.45, 7) is 6.23. The van der Waals surface area contributed by atoms with Gasteiger partial charge in [-0.05, 0) is 31.5 Å². The molecule has 0 aliphatic carbocycles. The maximum atomic E-state index is 12.6. The topological polar surface area (TPSA) is 75.5 Å². The number of hydrogen-bond acceptors (Lipinski definition) is 4. The first kappa shape index (κ1) is 19.1. The minimum absolute atomic E-state index is 0. The standard InChI is InChI=1S/C16H21N3O3.ClH/c1-2-10-18(16(20)14-6-8-17-9-7-14)12-13-4-3-5-15(11-13)19(21)22;/h2-5,11,14,17H,1,6-10,12H2;1H. The van der Waals surface area contributed by atoms with Crippen molar-refractivity contribution in [3.63, 3.8) is 0 Å². The van der Waals surface area contributed by atoms with E-state index in [1.165, 1.54) is 12.1 Å². The Morgan fingerprint density at radius 3 is 2.74 bits per heavy atom. The molecule has 1 aliphatic rings. The molecule has 1 aliphatic heterocycles. The van der Waals surface area contributed by atoms with Gasteiger partial charge in [0.15, 0.2) is 0 Å². The molecule has 0 atom stereocenters. The Morgan fingerprint density at radius 2 is 2.13 bits per heavy atom. The summed E-state index contributed by atoms with van der Waals surface area (Å²) >= 11 is 0. The molecule has 23 heavy (non-hydrogen) atoms. The van der Waals surface area contributed by atoms with E-state index in [9.17, 15) is 14.9 Å². The number of amides is 1. The van der Waals surface area contributed by atoms with Crippen molar-refractivity contribution in [1.29, 1.82) is 0 Å². The van der Waals surface area contributed by atoms with Gasteiger partial charge in [0.2, 0.25) is 5.91 Å². The number of nitrogens with one attached hydrogen (secondary N) is 1. The molecule has 0 aromatic heterocycles. The second-order valence-corrected chi connectivity index (χ2v) is 5.46. The number of nitro groups is 1. The fourth-order valence-corrected chi connectivity index (χ4v) is 2.70. The van der Waals surface area contributed by atoms with Crippen molar-refractivity contribution in [2.75, 3.05) is 19.6 Å². The van der Waals surface area contributed by atoms with Crippen molar-refractivity contribution in [3.8, 4) is 0 Å². The predicted molar refractivity (Wildman–Crippen MR) is 91.6 cm³/mol. The Balaban J connectivity index is 0.00000264. The molecule has 1 heterocycles. The summed E-state index contributed by atoms with van der Waals surface area (Å²) in [5, 5.41) is 14.1. The summed E-state index contributed by atoms with van der Waals surface area (Å²) in [5.74, 6) is 0.132. The molecule has 7 heteroatoms. The van der Waals surface area contributed by atoms with Gasteiger partial charge in [0.1, 0.15) is 0 Å². The highest BCUT2D eigenvalue weighted by molar-refractivity contribution is 5.85. The summed E-state index contributed by atoms with van der Waals surface area (Å²) in [6.07, 6.45) is 3.36. The number of carbonyl (C=O) groups is 1. The van der Waals surface area contributed by atoms with Crippen molar-refractivity contribution in [2.45, 2.75) is 19.4 Å². The van der Waals surface area contributed by atoms with E-state index in [0.717, 1.165) is 31.5 Å². The van der Waals surface area contributed by atoms with Crippen LogP contribution in [0.5, 0.6) is 0 Å². The van der Waals surface area contributed by atoms with Crippen LogP contribution in [0.1, 0.15) is 18.4 Å². The van der Waals surface area contributed by atoms with E-state index in [1.54, 1.807) is 23.1 Å². The fraction of sp³-hybridized carbons (Fsp3) is 0.438. The molecule has 0 bridgehead atoms. The number of rotatable bonds is 6. The zero-order valence-corrected chi connectivity index (χ0v) is 13.8. The number of benzene rings is 1. The van der Waals surface area contributed by atoms with E-state index in [-0.39, 0.29) is 29.9 Å². The number of nitrogens with zero attached hydrogens (tertiary/aromatic N) is 2. The highest BCUT2D eigenvalue weighted by Gasteiger charge is 2.25. The predicted octanol–water partition coefficient (Wildman–Crippen LogP) is 2.53. The second kappa shape index (κ2) is 9.27. The van der Waals surface area contributed by atoms with Crippen LogP contribution in [0.4, 0.5) is 5.69 Å². The molecule has 0 unspecified atom stereocenters. The lowest BCUT2D eigenvalue weighted by atomic mass is 9.96. The van der Waals surface area contributed by atoms with Gasteiger partial charge in [0, 0.05) is 31.1 Å². The van der Waals surface area contributed by atoms with E-state index in [2.05, 4.69) is 11.9 Å². The summed E-state index contributed by atoms with van der Waals surface area (Å²) in [4.78, 5) is 24.8. The van der Waals surface area contributed by atoms with Gasteiger partial charge in [0.05, 0.1) is 4.92 Å². The first-order valence-corrected chi connectivity index (χ1v) is 7.45. The van der Waals surface area contributed by atoms with Crippen LogP contribution >= 0.6 is 12.4 Å². The average Bonchev–Trinajstić information content (AvgIpc) is 2.55. The number of non-ortho nitro benzene ring substituents is 1. The van der Waals surface area contributed by atoms with Gasteiger partial charge in [-0.1, -0.05) is 18.2 Å². The van der Waals surface area contributed by atoms with Gasteiger partial charge in [-0.3, -0.25) is 14.9 Å². The largest absolute Gasteiger partial charge is 0.334 e. The monoisotopic (exact) mass is 339 g/mol. The minimum Gasteiger partial charge on any atom is -0.334 e. The molecule has 1 aromatic carbocycles. The van der Waals surface area contributed by atoms with Crippen LogP contribution in [0.3, 0.4) is 0 Å². The smallest absolute Gasteiger partial charge is 0.269 e. The Hall–Kier alpha value is -1.92. The lowest BCUT2D eigenvalue weighted by Gasteiger charge is -2.29. The van der Waals surface area contributed by atoms with Gasteiger partial charge >= 0.3 is 0 Å². The zero-order chi connectivity index (χ0) is 15.9. The lowest BCUT2D eigenvalue weighted by Crippen LogP contribution is -2.40. The molecule has 2 rings (SSSR count). The maximum Gasteiger partial charge on any atom is 0.269 e. The van der Waals surface area contributed by atoms with Crippen LogP contribution < -0.4 is 5.32 Å². The third kappa shape index (κ3) is 5.33. The SMILES string of the molecule is C=CCN(Cc1cccc([N+](=O)[O-])c1)C(=O)C1CCNCC1.Cl. The Morgan fingerprint density at radius 1 is 1.43 bits per heavy atom. The van der Waals surface area contributed by atoms with Crippen LogP contribution in [0.15, 0.2) is 36.9 Å². The first-order chi connectivity index (χ1) is 10.6. The highest BCUT2D eigenvalue weighted by atomic mass is 35.5. The summed E-state index contributed by atoms with van der Waals surface area (Å²) in [7, 11) is 0. The van der Waals surface area contributed by atoms with E-state index in [1.807, 2.05) is 0 Å². The van der Waals surface area contributed by atoms with E-state index in [0.29, 0.717) is 13.1 Å².